The summed E-state index contributed by atoms with van der Waals surface area (Å²) >= 11 is 0. The van der Waals surface area contributed by atoms with Gasteiger partial charge < -0.3 is 5.11 Å². The monoisotopic (exact) mass is 278 g/mol. The summed E-state index contributed by atoms with van der Waals surface area (Å²) in [6.45, 7) is 0. The number of hydrogen-bond donors (Lipinski definition) is 1. The molecule has 0 aliphatic rings. The van der Waals surface area contributed by atoms with Crippen molar-refractivity contribution < 1.29 is 5.11 Å². The summed E-state index contributed by atoms with van der Waals surface area (Å²) in [5.41, 5.74) is 0. The van der Waals surface area contributed by atoms with Gasteiger partial charge >= 0.3 is 0 Å². The van der Waals surface area contributed by atoms with Gasteiger partial charge in [0, 0.05) is 12.4 Å². The molecule has 0 aliphatic heterocycles. The summed E-state index contributed by atoms with van der Waals surface area (Å²) in [7, 11) is 0. The highest BCUT2D eigenvalue weighted by atomic mass is 16.3. The smallest absolute Gasteiger partial charge is 0.174 e. The Labute approximate surface area is 122 Å². The Bertz CT molecular complexity index is 616. The summed E-state index contributed by atoms with van der Waals surface area (Å²) in [6, 6.07) is 19.7. The summed E-state index contributed by atoms with van der Waals surface area (Å²) in [5.74, 6) is 1.49. The fraction of sp³-hybridized carbons (Fsp3) is 0. The van der Waals surface area contributed by atoms with Gasteiger partial charge in [-0.15, -0.1) is 10.2 Å². The van der Waals surface area contributed by atoms with Crippen LogP contribution < -0.4 is 0 Å². The first-order valence-corrected chi connectivity index (χ1v) is 6.32. The molecule has 0 saturated heterocycles. The second kappa shape index (κ2) is 8.16. The molecule has 1 aromatic carbocycles. The Morgan fingerprint density at radius 3 is 1.43 bits per heavy atom. The molecule has 5 nitrogen and oxygen atoms in total. The SMILES string of the molecule is Oc1ccccc1.c1ccc(N=Nc2ccccn2)nc1. The van der Waals surface area contributed by atoms with Gasteiger partial charge in [-0.05, 0) is 36.4 Å². The van der Waals surface area contributed by atoms with Crippen LogP contribution in [0.1, 0.15) is 0 Å². The maximum Gasteiger partial charge on any atom is 0.174 e. The largest absolute Gasteiger partial charge is 0.508 e. The van der Waals surface area contributed by atoms with Gasteiger partial charge in [-0.25, -0.2) is 9.97 Å². The van der Waals surface area contributed by atoms with Crippen LogP contribution in [0.25, 0.3) is 0 Å². The molecular formula is C16H14N4O. The molecule has 0 bridgehead atoms. The van der Waals surface area contributed by atoms with Crippen LogP contribution in [0.2, 0.25) is 0 Å². The number of phenolic OH excluding ortho intramolecular Hbond substituents is 1. The van der Waals surface area contributed by atoms with E-state index in [0.29, 0.717) is 17.4 Å². The van der Waals surface area contributed by atoms with E-state index in [1.807, 2.05) is 30.3 Å². The van der Waals surface area contributed by atoms with Crippen LogP contribution in [0, 0.1) is 0 Å². The van der Waals surface area contributed by atoms with Crippen molar-refractivity contribution in [2.24, 2.45) is 10.2 Å². The van der Waals surface area contributed by atoms with E-state index in [1.54, 1.807) is 48.8 Å². The molecule has 0 spiro atoms. The zero-order chi connectivity index (χ0) is 14.8. The van der Waals surface area contributed by atoms with Gasteiger partial charge in [-0.3, -0.25) is 0 Å². The average Bonchev–Trinajstić information content (AvgIpc) is 2.56. The fourth-order valence-corrected chi connectivity index (χ4v) is 1.36. The fourth-order valence-electron chi connectivity index (χ4n) is 1.36. The quantitative estimate of drug-likeness (QED) is 0.711. The molecule has 0 atom stereocenters. The first-order valence-electron chi connectivity index (χ1n) is 6.32. The lowest BCUT2D eigenvalue weighted by Crippen LogP contribution is -1.71. The normalized spacial score (nSPS) is 9.90. The number of hydrogen-bond acceptors (Lipinski definition) is 5. The molecule has 3 rings (SSSR count). The molecule has 0 saturated carbocycles. The molecule has 104 valence electrons. The van der Waals surface area contributed by atoms with Crippen LogP contribution in [0.5, 0.6) is 5.75 Å². The minimum atomic E-state index is 0.322. The molecule has 1 N–H and O–H groups in total. The summed E-state index contributed by atoms with van der Waals surface area (Å²) in [6.07, 6.45) is 3.35. The number of azo groups is 1. The number of aromatic hydroxyl groups is 1. The van der Waals surface area contributed by atoms with E-state index in [9.17, 15) is 0 Å². The van der Waals surface area contributed by atoms with E-state index in [0.717, 1.165) is 0 Å². The second-order valence-corrected chi connectivity index (χ2v) is 3.91. The average molecular weight is 278 g/mol. The summed E-state index contributed by atoms with van der Waals surface area (Å²) in [4.78, 5) is 8.01. The number of pyridine rings is 2. The number of benzene rings is 1. The molecule has 0 aliphatic carbocycles. The number of phenols is 1. The Morgan fingerprint density at radius 2 is 1.10 bits per heavy atom. The van der Waals surface area contributed by atoms with E-state index in [4.69, 9.17) is 5.11 Å². The third-order valence-electron chi connectivity index (χ3n) is 2.31. The second-order valence-electron chi connectivity index (χ2n) is 3.91. The molecule has 0 fully saturated rings. The zero-order valence-electron chi connectivity index (χ0n) is 11.2. The minimum Gasteiger partial charge on any atom is -0.508 e. The van der Waals surface area contributed by atoms with E-state index < -0.39 is 0 Å². The predicted molar refractivity (Wildman–Crippen MR) is 80.8 cm³/mol. The van der Waals surface area contributed by atoms with E-state index >= 15 is 0 Å². The van der Waals surface area contributed by atoms with Gasteiger partial charge in [-0.1, -0.05) is 30.3 Å². The van der Waals surface area contributed by atoms with Gasteiger partial charge in [0.25, 0.3) is 0 Å². The van der Waals surface area contributed by atoms with Crippen molar-refractivity contribution in [1.82, 2.24) is 9.97 Å². The lowest BCUT2D eigenvalue weighted by Gasteiger charge is -1.89. The first-order chi connectivity index (χ1) is 10.3. The number of rotatable bonds is 2. The van der Waals surface area contributed by atoms with Crippen molar-refractivity contribution in [2.75, 3.05) is 0 Å². The van der Waals surface area contributed by atoms with Crippen molar-refractivity contribution in [3.8, 4) is 5.75 Å². The van der Waals surface area contributed by atoms with E-state index in [-0.39, 0.29) is 0 Å². The maximum atomic E-state index is 8.63. The van der Waals surface area contributed by atoms with Crippen LogP contribution in [0.15, 0.2) is 89.4 Å². The topological polar surface area (TPSA) is 70.7 Å². The van der Waals surface area contributed by atoms with Gasteiger partial charge in [0.05, 0.1) is 0 Å². The molecule has 0 unspecified atom stereocenters. The lowest BCUT2D eigenvalue weighted by molar-refractivity contribution is 0.475. The van der Waals surface area contributed by atoms with Crippen molar-refractivity contribution in [1.29, 1.82) is 0 Å². The Balaban J connectivity index is 0.000000194. The van der Waals surface area contributed by atoms with Crippen LogP contribution in [0.4, 0.5) is 11.6 Å². The standard InChI is InChI=1S/C10H8N4.C6H6O/c1-3-7-11-9(5-1)13-14-10-6-2-4-8-12-10;7-6-4-2-1-3-5-6/h1-8H;1-5,7H. The highest BCUT2D eigenvalue weighted by Crippen LogP contribution is 2.11. The number of para-hydroxylation sites is 1. The predicted octanol–water partition coefficient (Wildman–Crippen LogP) is 4.28. The lowest BCUT2D eigenvalue weighted by atomic mass is 10.3. The van der Waals surface area contributed by atoms with Gasteiger partial charge in [0.2, 0.25) is 0 Å². The highest BCUT2D eigenvalue weighted by molar-refractivity contribution is 5.28. The van der Waals surface area contributed by atoms with Crippen LogP contribution in [0.3, 0.4) is 0 Å². The Kier molecular flexibility index (Phi) is 5.57. The van der Waals surface area contributed by atoms with Crippen LogP contribution >= 0.6 is 0 Å². The molecule has 2 aromatic heterocycles. The number of aromatic nitrogens is 2. The molecule has 5 heteroatoms. The molecule has 21 heavy (non-hydrogen) atoms. The van der Waals surface area contributed by atoms with Crippen LogP contribution in [-0.2, 0) is 0 Å². The van der Waals surface area contributed by atoms with Gasteiger partial charge in [0.1, 0.15) is 5.75 Å². The van der Waals surface area contributed by atoms with Crippen molar-refractivity contribution in [2.45, 2.75) is 0 Å². The minimum absolute atomic E-state index is 0.322. The third kappa shape index (κ3) is 5.61. The molecular weight excluding hydrogens is 264 g/mol. The van der Waals surface area contributed by atoms with Crippen molar-refractivity contribution >= 4 is 11.6 Å². The number of nitrogens with zero attached hydrogens (tertiary/aromatic N) is 4. The van der Waals surface area contributed by atoms with Gasteiger partial charge in [0.15, 0.2) is 11.6 Å². The van der Waals surface area contributed by atoms with E-state index in [1.165, 1.54) is 0 Å². The Hall–Kier alpha value is -3.08. The maximum absolute atomic E-state index is 8.63. The Morgan fingerprint density at radius 1 is 0.619 bits per heavy atom. The third-order valence-corrected chi connectivity index (χ3v) is 2.31. The molecule has 0 radical (unpaired) electrons. The molecule has 3 aromatic rings. The first kappa shape index (κ1) is 14.3. The molecule has 0 amide bonds. The van der Waals surface area contributed by atoms with Gasteiger partial charge in [-0.2, -0.15) is 0 Å². The van der Waals surface area contributed by atoms with Crippen molar-refractivity contribution in [3.63, 3.8) is 0 Å². The van der Waals surface area contributed by atoms with Crippen molar-refractivity contribution in [3.05, 3.63) is 79.1 Å². The van der Waals surface area contributed by atoms with E-state index in [2.05, 4.69) is 20.2 Å². The summed E-state index contributed by atoms with van der Waals surface area (Å²) < 4.78 is 0. The highest BCUT2D eigenvalue weighted by Gasteiger charge is 1.88. The summed E-state index contributed by atoms with van der Waals surface area (Å²) in [5, 5.41) is 16.5. The molecule has 2 heterocycles. The van der Waals surface area contributed by atoms with Crippen LogP contribution in [-0.4, -0.2) is 15.1 Å². The zero-order valence-corrected chi connectivity index (χ0v) is 11.2.